The molecule has 0 aliphatic carbocycles. The Balaban J connectivity index is 3.23. The van der Waals surface area contributed by atoms with Gasteiger partial charge >= 0.3 is 0 Å². The Morgan fingerprint density at radius 2 is 1.32 bits per heavy atom. The number of nitrogens with one attached hydrogen (secondary N) is 1. The molecule has 0 fully saturated rings. The number of ether oxygens (including phenoxy) is 1. The van der Waals surface area contributed by atoms with Crippen molar-refractivity contribution in [3.63, 3.8) is 0 Å². The van der Waals surface area contributed by atoms with E-state index in [1.807, 2.05) is 0 Å². The summed E-state index contributed by atoms with van der Waals surface area (Å²) in [6, 6.07) is 0. The third-order valence-electron chi connectivity index (χ3n) is 4.12. The summed E-state index contributed by atoms with van der Waals surface area (Å²) < 4.78 is 5.88. The minimum absolute atomic E-state index is 0.160. The van der Waals surface area contributed by atoms with E-state index in [1.165, 1.54) is 70.6 Å². The highest BCUT2D eigenvalue weighted by atomic mass is 16.5. The van der Waals surface area contributed by atoms with E-state index in [9.17, 15) is 0 Å². The average molecular weight is 315 g/mol. The Hall–Kier alpha value is -0.120. The van der Waals surface area contributed by atoms with Gasteiger partial charge in [-0.2, -0.15) is 0 Å². The fourth-order valence-electron chi connectivity index (χ4n) is 2.69. The fourth-order valence-corrected chi connectivity index (χ4v) is 2.69. The maximum Gasteiger partial charge on any atom is 0.109 e. The Bertz CT molecular complexity index is 200. The molecule has 0 saturated heterocycles. The molecule has 22 heavy (non-hydrogen) atoms. The second-order valence-electron chi connectivity index (χ2n) is 6.43. The monoisotopic (exact) mass is 314 g/mol. The second-order valence-corrected chi connectivity index (χ2v) is 6.43. The van der Waals surface area contributed by atoms with E-state index < -0.39 is 0 Å². The van der Waals surface area contributed by atoms with Crippen LogP contribution < -0.4 is 11.1 Å². The van der Waals surface area contributed by atoms with E-state index in [2.05, 4.69) is 19.2 Å². The lowest BCUT2D eigenvalue weighted by molar-refractivity contribution is 0.0237. The Kier molecular flexibility index (Phi) is 18.8. The zero-order valence-electron chi connectivity index (χ0n) is 15.4. The molecule has 0 aromatic rings. The van der Waals surface area contributed by atoms with Crippen molar-refractivity contribution in [2.75, 3.05) is 19.7 Å². The molecule has 0 aliphatic rings. The van der Waals surface area contributed by atoms with Crippen LogP contribution in [-0.4, -0.2) is 25.9 Å². The standard InChI is InChI=1S/C19H42N2O/c1-3-5-6-7-8-9-10-11-12-13-14-18-22-19(15-16-20)21-17-4-2/h19,21H,3-18,20H2,1-2H3. The molecule has 1 atom stereocenters. The summed E-state index contributed by atoms with van der Waals surface area (Å²) in [5.41, 5.74) is 5.62. The Morgan fingerprint density at radius 3 is 1.82 bits per heavy atom. The highest BCUT2D eigenvalue weighted by molar-refractivity contribution is 4.56. The minimum Gasteiger partial charge on any atom is -0.363 e. The second kappa shape index (κ2) is 18.9. The summed E-state index contributed by atoms with van der Waals surface area (Å²) in [4.78, 5) is 0. The SMILES string of the molecule is CCCCCCCCCCCCCOC(CCN)NCCC. The van der Waals surface area contributed by atoms with Crippen LogP contribution in [0.2, 0.25) is 0 Å². The number of unbranched alkanes of at least 4 members (excludes halogenated alkanes) is 10. The van der Waals surface area contributed by atoms with Crippen LogP contribution in [0.4, 0.5) is 0 Å². The summed E-state index contributed by atoms with van der Waals surface area (Å²) in [5.74, 6) is 0. The van der Waals surface area contributed by atoms with Crippen molar-refractivity contribution in [1.82, 2.24) is 5.32 Å². The van der Waals surface area contributed by atoms with E-state index in [-0.39, 0.29) is 6.23 Å². The smallest absolute Gasteiger partial charge is 0.109 e. The highest BCUT2D eigenvalue weighted by Gasteiger charge is 2.05. The van der Waals surface area contributed by atoms with Crippen LogP contribution in [-0.2, 0) is 4.74 Å². The lowest BCUT2D eigenvalue weighted by Gasteiger charge is -2.18. The van der Waals surface area contributed by atoms with Crippen molar-refractivity contribution >= 4 is 0 Å². The van der Waals surface area contributed by atoms with Crippen molar-refractivity contribution in [1.29, 1.82) is 0 Å². The third kappa shape index (κ3) is 16.3. The van der Waals surface area contributed by atoms with E-state index in [1.54, 1.807) is 0 Å². The van der Waals surface area contributed by atoms with Gasteiger partial charge in [-0.05, 0) is 32.4 Å². The normalized spacial score (nSPS) is 12.7. The largest absolute Gasteiger partial charge is 0.363 e. The fraction of sp³-hybridized carbons (Fsp3) is 1.00. The zero-order valence-corrected chi connectivity index (χ0v) is 15.4. The van der Waals surface area contributed by atoms with Crippen LogP contribution in [0.3, 0.4) is 0 Å². The molecule has 0 aromatic heterocycles. The minimum atomic E-state index is 0.160. The molecular formula is C19H42N2O. The van der Waals surface area contributed by atoms with Gasteiger partial charge in [-0.3, -0.25) is 5.32 Å². The van der Waals surface area contributed by atoms with Crippen LogP contribution in [0.15, 0.2) is 0 Å². The Labute approximate surface area is 139 Å². The number of hydrogen-bond acceptors (Lipinski definition) is 3. The molecule has 3 heteroatoms. The van der Waals surface area contributed by atoms with Crippen molar-refractivity contribution in [2.24, 2.45) is 5.73 Å². The average Bonchev–Trinajstić information content (AvgIpc) is 2.53. The molecule has 134 valence electrons. The van der Waals surface area contributed by atoms with Gasteiger partial charge in [0.1, 0.15) is 6.23 Å². The molecule has 0 aromatic carbocycles. The quantitative estimate of drug-likeness (QED) is 0.277. The van der Waals surface area contributed by atoms with Gasteiger partial charge in [0.15, 0.2) is 0 Å². The Morgan fingerprint density at radius 1 is 0.773 bits per heavy atom. The van der Waals surface area contributed by atoms with Crippen LogP contribution in [0.1, 0.15) is 97.3 Å². The third-order valence-corrected chi connectivity index (χ3v) is 4.12. The molecular weight excluding hydrogens is 272 g/mol. The molecule has 0 saturated carbocycles. The molecule has 0 heterocycles. The number of rotatable bonds is 18. The first-order valence-corrected chi connectivity index (χ1v) is 9.90. The first-order valence-electron chi connectivity index (χ1n) is 9.90. The van der Waals surface area contributed by atoms with Gasteiger partial charge in [0.05, 0.1) is 0 Å². The molecule has 0 radical (unpaired) electrons. The van der Waals surface area contributed by atoms with Gasteiger partial charge in [0.25, 0.3) is 0 Å². The maximum atomic E-state index is 5.88. The topological polar surface area (TPSA) is 47.3 Å². The molecule has 1 unspecified atom stereocenters. The lowest BCUT2D eigenvalue weighted by Crippen LogP contribution is -2.34. The van der Waals surface area contributed by atoms with E-state index in [0.717, 1.165) is 26.0 Å². The van der Waals surface area contributed by atoms with E-state index in [0.29, 0.717) is 6.54 Å². The molecule has 0 bridgehead atoms. The summed E-state index contributed by atoms with van der Waals surface area (Å²) in [5, 5.41) is 3.41. The van der Waals surface area contributed by atoms with Crippen LogP contribution >= 0.6 is 0 Å². The van der Waals surface area contributed by atoms with Crippen molar-refractivity contribution < 1.29 is 4.74 Å². The molecule has 3 nitrogen and oxygen atoms in total. The summed E-state index contributed by atoms with van der Waals surface area (Å²) >= 11 is 0. The van der Waals surface area contributed by atoms with Gasteiger partial charge in [-0.25, -0.2) is 0 Å². The zero-order chi connectivity index (χ0) is 16.3. The summed E-state index contributed by atoms with van der Waals surface area (Å²) in [6.45, 7) is 7.04. The molecule has 0 rings (SSSR count). The predicted molar refractivity (Wildman–Crippen MR) is 98.2 cm³/mol. The van der Waals surface area contributed by atoms with Gasteiger partial charge in [0.2, 0.25) is 0 Å². The van der Waals surface area contributed by atoms with Crippen molar-refractivity contribution in [3.8, 4) is 0 Å². The predicted octanol–water partition coefficient (Wildman–Crippen LogP) is 4.99. The number of hydrogen-bond donors (Lipinski definition) is 2. The molecule has 0 amide bonds. The van der Waals surface area contributed by atoms with Crippen LogP contribution in [0.5, 0.6) is 0 Å². The van der Waals surface area contributed by atoms with E-state index >= 15 is 0 Å². The van der Waals surface area contributed by atoms with Gasteiger partial charge < -0.3 is 10.5 Å². The first-order chi connectivity index (χ1) is 10.8. The molecule has 0 aliphatic heterocycles. The number of nitrogens with two attached hydrogens (primary N) is 1. The first kappa shape index (κ1) is 21.9. The van der Waals surface area contributed by atoms with Crippen molar-refractivity contribution in [3.05, 3.63) is 0 Å². The lowest BCUT2D eigenvalue weighted by atomic mass is 10.1. The van der Waals surface area contributed by atoms with Crippen LogP contribution in [0, 0.1) is 0 Å². The molecule has 3 N–H and O–H groups in total. The van der Waals surface area contributed by atoms with Gasteiger partial charge in [0, 0.05) is 6.61 Å². The van der Waals surface area contributed by atoms with Gasteiger partial charge in [-0.1, -0.05) is 78.1 Å². The summed E-state index contributed by atoms with van der Waals surface area (Å²) in [7, 11) is 0. The van der Waals surface area contributed by atoms with E-state index in [4.69, 9.17) is 10.5 Å². The summed E-state index contributed by atoms with van der Waals surface area (Å²) in [6.07, 6.45) is 17.4. The van der Waals surface area contributed by atoms with Crippen molar-refractivity contribution in [2.45, 2.75) is 104 Å². The highest BCUT2D eigenvalue weighted by Crippen LogP contribution is 2.11. The van der Waals surface area contributed by atoms with Crippen LogP contribution in [0.25, 0.3) is 0 Å². The van der Waals surface area contributed by atoms with Gasteiger partial charge in [-0.15, -0.1) is 0 Å². The maximum absolute atomic E-state index is 5.88. The molecule has 0 spiro atoms.